The van der Waals surface area contributed by atoms with Crippen molar-refractivity contribution in [1.29, 1.82) is 0 Å². The van der Waals surface area contributed by atoms with Crippen LogP contribution in [0.25, 0.3) is 11.5 Å². The smallest absolute Gasteiger partial charge is 0.226 e. The summed E-state index contributed by atoms with van der Waals surface area (Å²) in [6.07, 6.45) is 1.97. The third-order valence-corrected chi connectivity index (χ3v) is 2.83. The van der Waals surface area contributed by atoms with E-state index in [1.165, 1.54) is 6.26 Å². The molecule has 1 N–H and O–H groups in total. The van der Waals surface area contributed by atoms with Crippen LogP contribution in [0.4, 0.5) is 0 Å². The number of hydrogen-bond acceptors (Lipinski definition) is 6. The van der Waals surface area contributed by atoms with Crippen LogP contribution in [-0.2, 0) is 6.42 Å². The first-order valence-corrected chi connectivity index (χ1v) is 6.09. The summed E-state index contributed by atoms with van der Waals surface area (Å²) in [6.45, 7) is 0.0290. The first-order valence-electron chi connectivity index (χ1n) is 6.09. The Labute approximate surface area is 116 Å². The fourth-order valence-corrected chi connectivity index (χ4v) is 1.87. The molecule has 20 heavy (non-hydrogen) atoms. The Morgan fingerprint density at radius 2 is 1.75 bits per heavy atom. The number of methoxy groups -OCH3 is 3. The van der Waals surface area contributed by atoms with E-state index in [-0.39, 0.29) is 6.61 Å². The third kappa shape index (κ3) is 2.70. The molecular formula is C14H17NO5. The highest BCUT2D eigenvalue weighted by Crippen LogP contribution is 2.40. The van der Waals surface area contributed by atoms with E-state index in [0.29, 0.717) is 40.8 Å². The van der Waals surface area contributed by atoms with Crippen LogP contribution in [0, 0.1) is 0 Å². The number of benzene rings is 1. The molecule has 0 amide bonds. The highest BCUT2D eigenvalue weighted by atomic mass is 16.5. The van der Waals surface area contributed by atoms with Crippen molar-refractivity contribution in [3.05, 3.63) is 24.1 Å². The van der Waals surface area contributed by atoms with Crippen molar-refractivity contribution in [2.24, 2.45) is 0 Å². The molecular weight excluding hydrogens is 262 g/mol. The fourth-order valence-electron chi connectivity index (χ4n) is 1.87. The van der Waals surface area contributed by atoms with Gasteiger partial charge in [-0.2, -0.15) is 0 Å². The molecule has 0 atom stereocenters. The maximum Gasteiger partial charge on any atom is 0.226 e. The summed E-state index contributed by atoms with van der Waals surface area (Å²) in [4.78, 5) is 4.30. The minimum Gasteiger partial charge on any atom is -0.493 e. The molecule has 1 aromatic heterocycles. The van der Waals surface area contributed by atoms with Gasteiger partial charge in [0, 0.05) is 18.6 Å². The van der Waals surface area contributed by atoms with Gasteiger partial charge in [0.2, 0.25) is 11.6 Å². The van der Waals surface area contributed by atoms with Gasteiger partial charge in [0.05, 0.1) is 27.0 Å². The number of rotatable bonds is 6. The Morgan fingerprint density at radius 1 is 1.10 bits per heavy atom. The van der Waals surface area contributed by atoms with E-state index in [4.69, 9.17) is 23.7 Å². The van der Waals surface area contributed by atoms with E-state index in [0.717, 1.165) is 0 Å². The lowest BCUT2D eigenvalue weighted by Gasteiger charge is -2.12. The second-order valence-electron chi connectivity index (χ2n) is 4.03. The van der Waals surface area contributed by atoms with Gasteiger partial charge in [0.1, 0.15) is 6.26 Å². The van der Waals surface area contributed by atoms with Gasteiger partial charge in [-0.25, -0.2) is 4.98 Å². The number of aliphatic hydroxyl groups is 1. The number of aromatic nitrogens is 1. The second-order valence-corrected chi connectivity index (χ2v) is 4.03. The molecule has 0 spiro atoms. The van der Waals surface area contributed by atoms with Crippen LogP contribution in [0.2, 0.25) is 0 Å². The molecule has 0 unspecified atom stereocenters. The second kappa shape index (κ2) is 6.29. The van der Waals surface area contributed by atoms with Crippen molar-refractivity contribution in [2.75, 3.05) is 27.9 Å². The Balaban J connectivity index is 2.45. The standard InChI is InChI=1S/C14H17NO5/c1-17-11-6-9(7-12(18-2)13(11)19-3)14-15-10(4-5-16)8-20-14/h6-8,16H,4-5H2,1-3H3. The van der Waals surface area contributed by atoms with Crippen LogP contribution in [0.15, 0.2) is 22.8 Å². The van der Waals surface area contributed by atoms with Crippen LogP contribution in [0.5, 0.6) is 17.2 Å². The van der Waals surface area contributed by atoms with Crippen LogP contribution in [0.1, 0.15) is 5.69 Å². The first kappa shape index (κ1) is 14.2. The quantitative estimate of drug-likeness (QED) is 0.870. The number of hydrogen-bond donors (Lipinski definition) is 1. The van der Waals surface area contributed by atoms with Crippen molar-refractivity contribution < 1.29 is 23.7 Å². The normalized spacial score (nSPS) is 10.4. The summed E-state index contributed by atoms with van der Waals surface area (Å²) in [5, 5.41) is 8.89. The lowest BCUT2D eigenvalue weighted by molar-refractivity contribution is 0.298. The maximum atomic E-state index is 8.89. The topological polar surface area (TPSA) is 74.0 Å². The molecule has 0 aliphatic carbocycles. The molecule has 0 radical (unpaired) electrons. The van der Waals surface area contributed by atoms with Crippen molar-refractivity contribution in [3.8, 4) is 28.7 Å². The van der Waals surface area contributed by atoms with Crippen LogP contribution in [0.3, 0.4) is 0 Å². The Kier molecular flexibility index (Phi) is 4.47. The lowest BCUT2D eigenvalue weighted by Crippen LogP contribution is -1.96. The van der Waals surface area contributed by atoms with E-state index in [1.807, 2.05) is 0 Å². The van der Waals surface area contributed by atoms with Gasteiger partial charge < -0.3 is 23.7 Å². The molecule has 0 aliphatic rings. The highest BCUT2D eigenvalue weighted by molar-refractivity contribution is 5.65. The molecule has 0 fully saturated rings. The zero-order valence-electron chi connectivity index (χ0n) is 11.7. The van der Waals surface area contributed by atoms with Gasteiger partial charge in [-0.15, -0.1) is 0 Å². The average Bonchev–Trinajstić information content (AvgIpc) is 2.94. The minimum absolute atomic E-state index is 0.0290. The van der Waals surface area contributed by atoms with Crippen molar-refractivity contribution in [1.82, 2.24) is 4.98 Å². The fraction of sp³-hybridized carbons (Fsp3) is 0.357. The maximum absolute atomic E-state index is 8.89. The Bertz CT molecular complexity index is 554. The first-order chi connectivity index (χ1) is 9.73. The molecule has 6 heteroatoms. The van der Waals surface area contributed by atoms with E-state index >= 15 is 0 Å². The van der Waals surface area contributed by atoms with Crippen LogP contribution >= 0.6 is 0 Å². The molecule has 1 aromatic carbocycles. The van der Waals surface area contributed by atoms with Crippen molar-refractivity contribution in [2.45, 2.75) is 6.42 Å². The molecule has 1 heterocycles. The molecule has 108 valence electrons. The molecule has 2 rings (SSSR count). The van der Waals surface area contributed by atoms with Gasteiger partial charge in [0.15, 0.2) is 11.5 Å². The average molecular weight is 279 g/mol. The van der Waals surface area contributed by atoms with E-state index in [1.54, 1.807) is 33.5 Å². The van der Waals surface area contributed by atoms with Gasteiger partial charge in [-0.1, -0.05) is 0 Å². The zero-order valence-corrected chi connectivity index (χ0v) is 11.7. The molecule has 0 saturated carbocycles. The Hall–Kier alpha value is -2.21. The largest absolute Gasteiger partial charge is 0.493 e. The third-order valence-electron chi connectivity index (χ3n) is 2.83. The predicted molar refractivity (Wildman–Crippen MR) is 72.4 cm³/mol. The monoisotopic (exact) mass is 279 g/mol. The molecule has 0 bridgehead atoms. The number of aliphatic hydroxyl groups excluding tert-OH is 1. The molecule has 0 saturated heterocycles. The highest BCUT2D eigenvalue weighted by Gasteiger charge is 2.16. The molecule has 2 aromatic rings. The van der Waals surface area contributed by atoms with Crippen molar-refractivity contribution in [3.63, 3.8) is 0 Å². The van der Waals surface area contributed by atoms with Crippen LogP contribution in [-0.4, -0.2) is 38.0 Å². The number of oxazole rings is 1. The SMILES string of the molecule is COc1cc(-c2nc(CCO)co2)cc(OC)c1OC. The summed E-state index contributed by atoms with van der Waals surface area (Å²) < 4.78 is 21.2. The predicted octanol–water partition coefficient (Wildman–Crippen LogP) is 1.90. The van der Waals surface area contributed by atoms with Gasteiger partial charge in [0.25, 0.3) is 0 Å². The van der Waals surface area contributed by atoms with Crippen LogP contribution < -0.4 is 14.2 Å². The van der Waals surface area contributed by atoms with E-state index in [2.05, 4.69) is 4.98 Å². The van der Waals surface area contributed by atoms with Crippen molar-refractivity contribution >= 4 is 0 Å². The van der Waals surface area contributed by atoms with Gasteiger partial charge in [-0.3, -0.25) is 0 Å². The summed E-state index contributed by atoms with van der Waals surface area (Å²) >= 11 is 0. The summed E-state index contributed by atoms with van der Waals surface area (Å²) in [5.41, 5.74) is 1.40. The summed E-state index contributed by atoms with van der Waals surface area (Å²) in [6, 6.07) is 3.52. The number of nitrogens with zero attached hydrogens (tertiary/aromatic N) is 1. The Morgan fingerprint density at radius 3 is 2.25 bits per heavy atom. The molecule has 6 nitrogen and oxygen atoms in total. The minimum atomic E-state index is 0.0290. The van der Waals surface area contributed by atoms with Gasteiger partial charge in [-0.05, 0) is 12.1 Å². The van der Waals surface area contributed by atoms with E-state index < -0.39 is 0 Å². The van der Waals surface area contributed by atoms with Gasteiger partial charge >= 0.3 is 0 Å². The zero-order chi connectivity index (χ0) is 14.5. The molecule has 0 aliphatic heterocycles. The number of ether oxygens (including phenoxy) is 3. The summed E-state index contributed by atoms with van der Waals surface area (Å²) in [5.74, 6) is 2.01. The van der Waals surface area contributed by atoms with E-state index in [9.17, 15) is 0 Å². The lowest BCUT2D eigenvalue weighted by atomic mass is 10.2. The summed E-state index contributed by atoms with van der Waals surface area (Å²) in [7, 11) is 4.65.